The molecule has 2 aliphatic rings. The van der Waals surface area contributed by atoms with Crippen LogP contribution in [0.3, 0.4) is 0 Å². The lowest BCUT2D eigenvalue weighted by atomic mass is 9.87. The van der Waals surface area contributed by atoms with Gasteiger partial charge in [0.15, 0.2) is 5.78 Å². The first kappa shape index (κ1) is 22.7. The number of likely N-dealkylation sites (tertiary alicyclic amines) is 1. The van der Waals surface area contributed by atoms with E-state index in [1.165, 1.54) is 11.3 Å². The zero-order chi connectivity index (χ0) is 23.9. The molecule has 8 nitrogen and oxygen atoms in total. The summed E-state index contributed by atoms with van der Waals surface area (Å²) in [5, 5.41) is 6.76. The summed E-state index contributed by atoms with van der Waals surface area (Å²) in [5.41, 5.74) is 7.64. The van der Waals surface area contributed by atoms with Crippen LogP contribution in [0.2, 0.25) is 0 Å². The molecule has 5 rings (SSSR count). The van der Waals surface area contributed by atoms with Gasteiger partial charge in [-0.25, -0.2) is 9.78 Å². The molecule has 0 saturated carbocycles. The number of nitrogens with one attached hydrogen (secondary N) is 2. The van der Waals surface area contributed by atoms with Gasteiger partial charge in [-0.05, 0) is 50.1 Å². The molecule has 1 aromatic carbocycles. The van der Waals surface area contributed by atoms with E-state index in [0.29, 0.717) is 52.7 Å². The Morgan fingerprint density at radius 3 is 2.79 bits per heavy atom. The first-order chi connectivity index (χ1) is 16.4. The fourth-order valence-corrected chi connectivity index (χ4v) is 7.11. The molecule has 34 heavy (non-hydrogen) atoms. The Morgan fingerprint density at radius 1 is 1.24 bits per heavy atom. The smallest absolute Gasteiger partial charge is 0.319 e. The number of amides is 3. The molecule has 10 heteroatoms. The number of piperidine rings is 1. The average Bonchev–Trinajstić information content (AvgIpc) is 3.17. The van der Waals surface area contributed by atoms with Crippen molar-refractivity contribution in [3.05, 3.63) is 47.7 Å². The topological polar surface area (TPSA) is 117 Å². The Kier molecular flexibility index (Phi) is 5.95. The second-order valence-corrected chi connectivity index (χ2v) is 11.1. The van der Waals surface area contributed by atoms with Gasteiger partial charge in [-0.2, -0.15) is 0 Å². The van der Waals surface area contributed by atoms with Crippen LogP contribution in [0.5, 0.6) is 0 Å². The minimum absolute atomic E-state index is 0.115. The first-order valence-corrected chi connectivity index (χ1v) is 12.9. The number of hydrogen-bond acceptors (Lipinski definition) is 7. The number of nitrogens with two attached hydrogens (primary N) is 1. The molecule has 0 aliphatic carbocycles. The number of hydrogen-bond donors (Lipinski definition) is 3. The molecule has 176 valence electrons. The molecule has 0 radical (unpaired) electrons. The van der Waals surface area contributed by atoms with Crippen LogP contribution in [-0.2, 0) is 0 Å². The first-order valence-electron chi connectivity index (χ1n) is 11.2. The maximum Gasteiger partial charge on any atom is 0.319 e. The van der Waals surface area contributed by atoms with Crippen LogP contribution in [-0.4, -0.2) is 52.0 Å². The van der Waals surface area contributed by atoms with E-state index in [1.807, 2.05) is 30.0 Å². The number of fused-ring (bicyclic) bond motifs is 2. The highest BCUT2D eigenvalue weighted by Crippen LogP contribution is 2.49. The van der Waals surface area contributed by atoms with E-state index in [1.54, 1.807) is 30.1 Å². The van der Waals surface area contributed by atoms with Crippen molar-refractivity contribution in [2.45, 2.75) is 35.8 Å². The van der Waals surface area contributed by atoms with Crippen molar-refractivity contribution in [1.29, 1.82) is 0 Å². The zero-order valence-corrected chi connectivity index (χ0v) is 20.4. The fraction of sp³-hybridized carbons (Fsp3) is 0.333. The molecule has 4 N–H and O–H groups in total. The molecule has 1 fully saturated rings. The van der Waals surface area contributed by atoms with Gasteiger partial charge in [0, 0.05) is 58.5 Å². The summed E-state index contributed by atoms with van der Waals surface area (Å²) in [6, 6.07) is 8.82. The van der Waals surface area contributed by atoms with Crippen molar-refractivity contribution in [3.63, 3.8) is 0 Å². The Balaban J connectivity index is 1.37. The van der Waals surface area contributed by atoms with Crippen LogP contribution in [0.15, 0.2) is 41.4 Å². The second-order valence-electron chi connectivity index (χ2n) is 8.58. The number of carbonyl (C=O) groups is 3. The molecule has 0 atom stereocenters. The van der Waals surface area contributed by atoms with Crippen molar-refractivity contribution in [1.82, 2.24) is 15.2 Å². The summed E-state index contributed by atoms with van der Waals surface area (Å²) in [4.78, 5) is 46.6. The Labute approximate surface area is 205 Å². The van der Waals surface area contributed by atoms with Crippen LogP contribution in [0.4, 0.5) is 15.5 Å². The van der Waals surface area contributed by atoms with Gasteiger partial charge in [0.2, 0.25) is 0 Å². The van der Waals surface area contributed by atoms with Crippen molar-refractivity contribution < 1.29 is 14.4 Å². The van der Waals surface area contributed by atoms with Crippen LogP contribution in [0.1, 0.15) is 46.9 Å². The molecule has 1 spiro atoms. The molecular formula is C24H25N5O3S2. The van der Waals surface area contributed by atoms with Gasteiger partial charge >= 0.3 is 6.03 Å². The number of urea groups is 1. The Morgan fingerprint density at radius 2 is 2.03 bits per heavy atom. The van der Waals surface area contributed by atoms with Crippen molar-refractivity contribution in [2.75, 3.05) is 30.7 Å². The highest BCUT2D eigenvalue weighted by molar-refractivity contribution is 8.01. The minimum Gasteiger partial charge on any atom is -0.399 e. The maximum absolute atomic E-state index is 13.7. The number of nitrogens with zero attached hydrogens (tertiary/aromatic N) is 2. The lowest BCUT2D eigenvalue weighted by Gasteiger charge is -2.43. The summed E-state index contributed by atoms with van der Waals surface area (Å²) in [7, 11) is 0. The van der Waals surface area contributed by atoms with E-state index in [0.717, 1.165) is 23.1 Å². The maximum atomic E-state index is 13.7. The van der Waals surface area contributed by atoms with E-state index in [4.69, 9.17) is 5.73 Å². The summed E-state index contributed by atoms with van der Waals surface area (Å²) in [6.45, 7) is 3.41. The number of nitrogen functional groups attached to an aromatic ring is 1. The van der Waals surface area contributed by atoms with Crippen molar-refractivity contribution in [2.24, 2.45) is 0 Å². The quantitative estimate of drug-likeness (QED) is 0.465. The number of rotatable bonds is 3. The summed E-state index contributed by atoms with van der Waals surface area (Å²) in [6.07, 6.45) is 3.57. The average molecular weight is 496 g/mol. The van der Waals surface area contributed by atoms with Crippen LogP contribution in [0.25, 0.3) is 10.2 Å². The lowest BCUT2D eigenvalue weighted by molar-refractivity contribution is 0.0699. The van der Waals surface area contributed by atoms with E-state index in [2.05, 4.69) is 15.6 Å². The SMILES string of the molecule is CCNC(=O)Nc1sc2ncccc2c1C(=O)N1CCC2(CC1)CC(=O)c1cc(N)ccc1S2. The molecule has 4 heterocycles. The summed E-state index contributed by atoms with van der Waals surface area (Å²) in [5.74, 6) is -0.00893. The summed E-state index contributed by atoms with van der Waals surface area (Å²) >= 11 is 3.03. The van der Waals surface area contributed by atoms with Crippen molar-refractivity contribution >= 4 is 61.7 Å². The highest BCUT2D eigenvalue weighted by Gasteiger charge is 2.43. The summed E-state index contributed by atoms with van der Waals surface area (Å²) < 4.78 is -0.211. The number of pyridine rings is 1. The number of anilines is 2. The van der Waals surface area contributed by atoms with Crippen LogP contribution in [0, 0.1) is 0 Å². The van der Waals surface area contributed by atoms with Gasteiger partial charge in [-0.3, -0.25) is 14.9 Å². The number of Topliss-reactive ketones (excluding diaryl/α,β-unsaturated/α-hetero) is 1. The Bertz CT molecular complexity index is 1300. The molecular weight excluding hydrogens is 470 g/mol. The number of benzene rings is 1. The number of carbonyl (C=O) groups excluding carboxylic acids is 3. The number of thiophene rings is 1. The second kappa shape index (κ2) is 8.92. The van der Waals surface area contributed by atoms with E-state index in [-0.39, 0.29) is 22.5 Å². The molecule has 3 amide bonds. The third-order valence-electron chi connectivity index (χ3n) is 6.32. The largest absolute Gasteiger partial charge is 0.399 e. The molecule has 2 aromatic heterocycles. The highest BCUT2D eigenvalue weighted by atomic mass is 32.2. The fourth-order valence-electron chi connectivity index (χ4n) is 4.61. The third kappa shape index (κ3) is 4.12. The Hall–Kier alpha value is -3.11. The number of thioether (sulfide) groups is 1. The van der Waals surface area contributed by atoms with Gasteiger partial charge in [-0.1, -0.05) is 11.3 Å². The van der Waals surface area contributed by atoms with Gasteiger partial charge in [0.1, 0.15) is 9.83 Å². The molecule has 2 aliphatic heterocycles. The van der Waals surface area contributed by atoms with Gasteiger partial charge in [0.25, 0.3) is 5.91 Å². The number of aromatic nitrogens is 1. The van der Waals surface area contributed by atoms with Crippen LogP contribution >= 0.6 is 23.1 Å². The van der Waals surface area contributed by atoms with E-state index >= 15 is 0 Å². The van der Waals surface area contributed by atoms with Gasteiger partial charge in [0.05, 0.1) is 5.56 Å². The predicted molar refractivity (Wildman–Crippen MR) is 136 cm³/mol. The minimum atomic E-state index is -0.350. The molecule has 0 bridgehead atoms. The van der Waals surface area contributed by atoms with Crippen molar-refractivity contribution in [3.8, 4) is 0 Å². The van der Waals surface area contributed by atoms with E-state index in [9.17, 15) is 14.4 Å². The molecule has 3 aromatic rings. The predicted octanol–water partition coefficient (Wildman–Crippen LogP) is 4.37. The monoisotopic (exact) mass is 495 g/mol. The normalized spacial score (nSPS) is 17.0. The molecule has 1 saturated heterocycles. The molecule has 0 unspecified atom stereocenters. The van der Waals surface area contributed by atoms with Gasteiger partial charge in [-0.15, -0.1) is 11.8 Å². The zero-order valence-electron chi connectivity index (χ0n) is 18.7. The van der Waals surface area contributed by atoms with E-state index < -0.39 is 0 Å². The lowest BCUT2D eigenvalue weighted by Crippen LogP contribution is -2.47. The third-order valence-corrected chi connectivity index (χ3v) is 8.91. The number of ketones is 1. The standard InChI is InChI=1S/C24H25N5O3S2/c1-2-26-23(32)28-21-19(15-4-3-9-27-20(15)33-21)22(31)29-10-7-24(8-11-29)13-17(30)16-12-14(25)5-6-18(16)34-24/h3-6,9,12H,2,7-8,10-11,13,25H2,1H3,(H2,26,28,32). The van der Waals surface area contributed by atoms with Crippen LogP contribution < -0.4 is 16.4 Å². The van der Waals surface area contributed by atoms with Gasteiger partial charge < -0.3 is 16.0 Å².